The average Bonchev–Trinajstić information content (AvgIpc) is 2.70. The summed E-state index contributed by atoms with van der Waals surface area (Å²) >= 11 is 5.97. The van der Waals surface area contributed by atoms with Crippen molar-refractivity contribution in [2.45, 2.75) is 12.8 Å². The number of hydrogen-bond acceptors (Lipinski definition) is 2. The Hall–Kier alpha value is -0.540. The van der Waals surface area contributed by atoms with E-state index in [0.717, 1.165) is 31.1 Å². The molecule has 1 fully saturated rings. The van der Waals surface area contributed by atoms with E-state index in [-0.39, 0.29) is 0 Å². The van der Waals surface area contributed by atoms with Crippen molar-refractivity contribution < 1.29 is 0 Å². The summed E-state index contributed by atoms with van der Waals surface area (Å²) in [4.78, 5) is 4.07. The van der Waals surface area contributed by atoms with Gasteiger partial charge in [-0.3, -0.25) is 0 Å². The van der Waals surface area contributed by atoms with Crippen LogP contribution in [0.1, 0.15) is 12.1 Å². The van der Waals surface area contributed by atoms with Crippen molar-refractivity contribution in [2.24, 2.45) is 13.0 Å². The standard InChI is InChI=1S/C9H14ClN3/c1-13-6-12-9(10)8(13)4-7-2-3-11-5-7/h6-7,11H,2-5H2,1H3. The summed E-state index contributed by atoms with van der Waals surface area (Å²) in [5.41, 5.74) is 1.16. The third kappa shape index (κ3) is 1.86. The fraction of sp³-hybridized carbons (Fsp3) is 0.667. The second kappa shape index (κ2) is 3.68. The first kappa shape index (κ1) is 9.03. The Morgan fingerprint density at radius 2 is 2.62 bits per heavy atom. The second-order valence-electron chi connectivity index (χ2n) is 3.66. The Bertz CT molecular complexity index is 270. The van der Waals surface area contributed by atoms with Crippen LogP contribution in [0.2, 0.25) is 5.15 Å². The van der Waals surface area contributed by atoms with Crippen LogP contribution in [0.5, 0.6) is 0 Å². The molecule has 0 amide bonds. The Morgan fingerprint density at radius 3 is 3.15 bits per heavy atom. The number of nitrogens with one attached hydrogen (secondary N) is 1. The largest absolute Gasteiger partial charge is 0.336 e. The van der Waals surface area contributed by atoms with Gasteiger partial charge in [-0.25, -0.2) is 4.98 Å². The third-order valence-electron chi connectivity index (χ3n) is 2.65. The zero-order valence-electron chi connectivity index (χ0n) is 7.76. The molecule has 1 aliphatic rings. The normalized spacial score (nSPS) is 22.5. The van der Waals surface area contributed by atoms with E-state index in [9.17, 15) is 0 Å². The topological polar surface area (TPSA) is 29.9 Å². The van der Waals surface area contributed by atoms with Crippen molar-refractivity contribution in [3.05, 3.63) is 17.2 Å². The van der Waals surface area contributed by atoms with Gasteiger partial charge in [-0.05, 0) is 31.8 Å². The highest BCUT2D eigenvalue weighted by Crippen LogP contribution is 2.20. The maximum atomic E-state index is 5.97. The van der Waals surface area contributed by atoms with Gasteiger partial charge in [-0.15, -0.1) is 0 Å². The third-order valence-corrected chi connectivity index (χ3v) is 2.97. The van der Waals surface area contributed by atoms with Crippen LogP contribution in [-0.4, -0.2) is 22.6 Å². The summed E-state index contributed by atoms with van der Waals surface area (Å²) in [5.74, 6) is 0.730. The van der Waals surface area contributed by atoms with E-state index in [0.29, 0.717) is 5.15 Å². The number of nitrogens with zero attached hydrogens (tertiary/aromatic N) is 2. The molecular formula is C9H14ClN3. The van der Waals surface area contributed by atoms with Crippen LogP contribution < -0.4 is 5.32 Å². The van der Waals surface area contributed by atoms with Gasteiger partial charge >= 0.3 is 0 Å². The van der Waals surface area contributed by atoms with Gasteiger partial charge in [0.25, 0.3) is 0 Å². The van der Waals surface area contributed by atoms with Crippen molar-refractivity contribution in [3.8, 4) is 0 Å². The van der Waals surface area contributed by atoms with Crippen LogP contribution in [0.15, 0.2) is 6.33 Å². The number of rotatable bonds is 2. The molecule has 1 aliphatic heterocycles. The quantitative estimate of drug-likeness (QED) is 0.777. The van der Waals surface area contributed by atoms with Crippen molar-refractivity contribution in [3.63, 3.8) is 0 Å². The van der Waals surface area contributed by atoms with Crippen molar-refractivity contribution in [1.29, 1.82) is 0 Å². The van der Waals surface area contributed by atoms with Crippen LogP contribution in [0.25, 0.3) is 0 Å². The van der Waals surface area contributed by atoms with Crippen molar-refractivity contribution in [1.82, 2.24) is 14.9 Å². The number of hydrogen-bond donors (Lipinski definition) is 1. The molecule has 2 rings (SSSR count). The van der Waals surface area contributed by atoms with E-state index in [2.05, 4.69) is 10.3 Å². The maximum Gasteiger partial charge on any atom is 0.150 e. The lowest BCUT2D eigenvalue weighted by molar-refractivity contribution is 0.560. The molecule has 72 valence electrons. The molecule has 0 aromatic carbocycles. The Kier molecular flexibility index (Phi) is 2.56. The van der Waals surface area contributed by atoms with Gasteiger partial charge < -0.3 is 9.88 Å². The van der Waals surface area contributed by atoms with E-state index in [1.165, 1.54) is 6.42 Å². The first-order valence-electron chi connectivity index (χ1n) is 4.64. The Balaban J connectivity index is 2.07. The van der Waals surface area contributed by atoms with Crippen LogP contribution in [0.3, 0.4) is 0 Å². The molecule has 0 aliphatic carbocycles. The summed E-state index contributed by atoms with van der Waals surface area (Å²) in [6.45, 7) is 2.25. The second-order valence-corrected chi connectivity index (χ2v) is 4.01. The summed E-state index contributed by atoms with van der Waals surface area (Å²) in [5, 5.41) is 4.01. The Morgan fingerprint density at radius 1 is 1.77 bits per heavy atom. The lowest BCUT2D eigenvalue weighted by Crippen LogP contribution is -2.12. The Labute approximate surface area is 83.1 Å². The van der Waals surface area contributed by atoms with Gasteiger partial charge in [0.15, 0.2) is 0 Å². The summed E-state index contributed by atoms with van der Waals surface area (Å²) in [6.07, 6.45) is 4.07. The molecule has 1 atom stereocenters. The molecule has 13 heavy (non-hydrogen) atoms. The summed E-state index contributed by atoms with van der Waals surface area (Å²) < 4.78 is 2.01. The molecule has 0 spiro atoms. The van der Waals surface area contributed by atoms with Gasteiger partial charge in [0.2, 0.25) is 0 Å². The van der Waals surface area contributed by atoms with E-state index in [1.807, 2.05) is 11.6 Å². The lowest BCUT2D eigenvalue weighted by Gasteiger charge is -2.08. The lowest BCUT2D eigenvalue weighted by atomic mass is 10.0. The summed E-state index contributed by atoms with van der Waals surface area (Å²) in [7, 11) is 2.00. The SMILES string of the molecule is Cn1cnc(Cl)c1CC1CCNC1. The van der Waals surface area contributed by atoms with Crippen LogP contribution >= 0.6 is 11.6 Å². The van der Waals surface area contributed by atoms with E-state index in [4.69, 9.17) is 11.6 Å². The molecule has 1 aromatic rings. The number of aromatic nitrogens is 2. The predicted octanol–water partition coefficient (Wildman–Crippen LogP) is 1.23. The average molecular weight is 200 g/mol. The van der Waals surface area contributed by atoms with Gasteiger partial charge in [0, 0.05) is 7.05 Å². The zero-order valence-corrected chi connectivity index (χ0v) is 8.51. The molecule has 2 heterocycles. The van der Waals surface area contributed by atoms with E-state index < -0.39 is 0 Å². The molecule has 4 heteroatoms. The van der Waals surface area contributed by atoms with Crippen molar-refractivity contribution in [2.75, 3.05) is 13.1 Å². The zero-order chi connectivity index (χ0) is 9.26. The molecule has 0 radical (unpaired) electrons. The van der Waals surface area contributed by atoms with Gasteiger partial charge in [-0.2, -0.15) is 0 Å². The van der Waals surface area contributed by atoms with Gasteiger partial charge in [0.05, 0.1) is 12.0 Å². The molecular weight excluding hydrogens is 186 g/mol. The number of aryl methyl sites for hydroxylation is 1. The number of imidazole rings is 1. The van der Waals surface area contributed by atoms with Crippen molar-refractivity contribution >= 4 is 11.6 Å². The minimum Gasteiger partial charge on any atom is -0.336 e. The highest BCUT2D eigenvalue weighted by atomic mass is 35.5. The van der Waals surface area contributed by atoms with Gasteiger partial charge in [0.1, 0.15) is 5.15 Å². The first-order chi connectivity index (χ1) is 6.27. The minimum absolute atomic E-state index is 0.661. The molecule has 3 nitrogen and oxygen atoms in total. The molecule has 0 saturated carbocycles. The number of halogens is 1. The van der Waals surface area contributed by atoms with Crippen LogP contribution in [-0.2, 0) is 13.5 Å². The van der Waals surface area contributed by atoms with Crippen LogP contribution in [0, 0.1) is 5.92 Å². The minimum atomic E-state index is 0.661. The molecule has 1 N–H and O–H groups in total. The fourth-order valence-corrected chi connectivity index (χ4v) is 2.07. The molecule has 1 unspecified atom stereocenters. The highest BCUT2D eigenvalue weighted by Gasteiger charge is 2.18. The van der Waals surface area contributed by atoms with Gasteiger partial charge in [-0.1, -0.05) is 11.6 Å². The fourth-order valence-electron chi connectivity index (χ4n) is 1.82. The monoisotopic (exact) mass is 199 g/mol. The maximum absolute atomic E-state index is 5.97. The van der Waals surface area contributed by atoms with E-state index in [1.54, 1.807) is 6.33 Å². The smallest absolute Gasteiger partial charge is 0.150 e. The first-order valence-corrected chi connectivity index (χ1v) is 5.01. The van der Waals surface area contributed by atoms with Crippen LogP contribution in [0.4, 0.5) is 0 Å². The molecule has 0 bridgehead atoms. The predicted molar refractivity (Wildman–Crippen MR) is 52.9 cm³/mol. The molecule has 1 aromatic heterocycles. The van der Waals surface area contributed by atoms with E-state index >= 15 is 0 Å². The highest BCUT2D eigenvalue weighted by molar-refractivity contribution is 6.30. The summed E-state index contributed by atoms with van der Waals surface area (Å²) in [6, 6.07) is 0. The molecule has 1 saturated heterocycles.